The number of amides is 1. The minimum absolute atomic E-state index is 0.0769. The lowest BCUT2D eigenvalue weighted by Gasteiger charge is -2.35. The van der Waals surface area contributed by atoms with Crippen LogP contribution in [0.15, 0.2) is 54.6 Å². The van der Waals surface area contributed by atoms with Crippen LogP contribution >= 0.6 is 0 Å². The zero-order chi connectivity index (χ0) is 23.4. The first kappa shape index (κ1) is 23.1. The standard InChI is InChI=1S/C27H35N5O/c1-5-15-31(27(33)23-13-11-21(2)12-14-23)20-25-22(3)28-32(24-9-7-6-8-10-24)26(25)30-18-16-29(4)17-19-30/h6-14H,5,15-20H2,1-4H3. The molecule has 1 aliphatic rings. The highest BCUT2D eigenvalue weighted by Gasteiger charge is 2.27. The van der Waals surface area contributed by atoms with Crippen LogP contribution in [0.5, 0.6) is 0 Å². The Bertz CT molecular complexity index is 1070. The molecule has 0 saturated carbocycles. The van der Waals surface area contributed by atoms with Gasteiger partial charge in [-0.2, -0.15) is 5.10 Å². The van der Waals surface area contributed by atoms with E-state index < -0.39 is 0 Å². The van der Waals surface area contributed by atoms with Gasteiger partial charge in [-0.3, -0.25) is 4.79 Å². The van der Waals surface area contributed by atoms with Crippen molar-refractivity contribution in [2.45, 2.75) is 33.7 Å². The molecule has 1 aliphatic heterocycles. The Labute approximate surface area is 197 Å². The van der Waals surface area contributed by atoms with Crippen LogP contribution in [0.25, 0.3) is 5.69 Å². The molecule has 0 bridgehead atoms. The number of aromatic nitrogens is 2. The summed E-state index contributed by atoms with van der Waals surface area (Å²) in [4.78, 5) is 20.2. The maximum Gasteiger partial charge on any atom is 0.254 e. The van der Waals surface area contributed by atoms with Gasteiger partial charge in [-0.1, -0.05) is 42.8 Å². The maximum atomic E-state index is 13.4. The molecule has 1 amide bonds. The number of anilines is 1. The average Bonchev–Trinajstić information content (AvgIpc) is 3.16. The molecule has 2 heterocycles. The second-order valence-electron chi connectivity index (χ2n) is 9.02. The van der Waals surface area contributed by atoms with E-state index in [1.807, 2.05) is 54.3 Å². The summed E-state index contributed by atoms with van der Waals surface area (Å²) in [6.07, 6.45) is 0.910. The summed E-state index contributed by atoms with van der Waals surface area (Å²) < 4.78 is 2.07. The highest BCUT2D eigenvalue weighted by Crippen LogP contribution is 2.30. The first-order chi connectivity index (χ1) is 16.0. The zero-order valence-electron chi connectivity index (χ0n) is 20.3. The van der Waals surface area contributed by atoms with E-state index >= 15 is 0 Å². The Morgan fingerprint density at radius 2 is 1.64 bits per heavy atom. The van der Waals surface area contributed by atoms with Gasteiger partial charge in [0.25, 0.3) is 5.91 Å². The summed E-state index contributed by atoms with van der Waals surface area (Å²) in [5.74, 6) is 1.19. The van der Waals surface area contributed by atoms with Crippen LogP contribution in [0.3, 0.4) is 0 Å². The molecule has 33 heavy (non-hydrogen) atoms. The van der Waals surface area contributed by atoms with Gasteiger partial charge in [-0.05, 0) is 51.6 Å². The number of benzene rings is 2. The minimum atomic E-state index is 0.0769. The highest BCUT2D eigenvalue weighted by atomic mass is 16.2. The van der Waals surface area contributed by atoms with Crippen molar-refractivity contribution in [2.75, 3.05) is 44.7 Å². The zero-order valence-corrected chi connectivity index (χ0v) is 20.3. The second kappa shape index (κ2) is 10.2. The van der Waals surface area contributed by atoms with E-state index in [0.717, 1.165) is 66.5 Å². The smallest absolute Gasteiger partial charge is 0.254 e. The third-order valence-corrected chi connectivity index (χ3v) is 6.39. The second-order valence-corrected chi connectivity index (χ2v) is 9.02. The molecule has 6 heteroatoms. The summed E-state index contributed by atoms with van der Waals surface area (Å²) >= 11 is 0. The number of carbonyl (C=O) groups excluding carboxylic acids is 1. The lowest BCUT2D eigenvalue weighted by Crippen LogP contribution is -2.45. The Hall–Kier alpha value is -3.12. The van der Waals surface area contributed by atoms with E-state index in [2.05, 4.69) is 47.5 Å². The largest absolute Gasteiger partial charge is 0.354 e. The summed E-state index contributed by atoms with van der Waals surface area (Å²) in [5, 5.41) is 4.96. The molecule has 0 spiro atoms. The van der Waals surface area contributed by atoms with Crippen molar-refractivity contribution in [3.8, 4) is 5.69 Å². The van der Waals surface area contributed by atoms with Gasteiger partial charge in [0.15, 0.2) is 0 Å². The van der Waals surface area contributed by atoms with Crippen LogP contribution in [-0.2, 0) is 6.54 Å². The summed E-state index contributed by atoms with van der Waals surface area (Å²) in [7, 11) is 2.17. The number of para-hydroxylation sites is 1. The van der Waals surface area contributed by atoms with Crippen molar-refractivity contribution in [3.63, 3.8) is 0 Å². The third-order valence-electron chi connectivity index (χ3n) is 6.39. The summed E-state index contributed by atoms with van der Waals surface area (Å²) in [6.45, 7) is 11.4. The Balaban J connectivity index is 1.72. The van der Waals surface area contributed by atoms with Crippen LogP contribution < -0.4 is 4.90 Å². The average molecular weight is 446 g/mol. The van der Waals surface area contributed by atoms with Gasteiger partial charge >= 0.3 is 0 Å². The van der Waals surface area contributed by atoms with Gasteiger partial charge in [-0.15, -0.1) is 0 Å². The van der Waals surface area contributed by atoms with Crippen molar-refractivity contribution >= 4 is 11.7 Å². The molecule has 4 rings (SSSR count). The van der Waals surface area contributed by atoms with E-state index in [4.69, 9.17) is 5.10 Å². The quantitative estimate of drug-likeness (QED) is 0.544. The van der Waals surface area contributed by atoms with Crippen LogP contribution in [0.4, 0.5) is 5.82 Å². The van der Waals surface area contributed by atoms with Gasteiger partial charge in [0.2, 0.25) is 0 Å². The van der Waals surface area contributed by atoms with E-state index in [1.165, 1.54) is 0 Å². The number of rotatable bonds is 7. The fourth-order valence-electron chi connectivity index (χ4n) is 4.42. The van der Waals surface area contributed by atoms with Gasteiger partial charge in [0, 0.05) is 43.9 Å². The molecule has 1 fully saturated rings. The van der Waals surface area contributed by atoms with E-state index in [1.54, 1.807) is 0 Å². The van der Waals surface area contributed by atoms with Crippen LogP contribution in [0.1, 0.15) is 40.5 Å². The molecule has 1 aromatic heterocycles. The molecule has 0 atom stereocenters. The number of carbonyl (C=O) groups is 1. The number of hydrogen-bond donors (Lipinski definition) is 0. The summed E-state index contributed by atoms with van der Waals surface area (Å²) in [5.41, 5.74) is 5.06. The molecule has 0 unspecified atom stereocenters. The van der Waals surface area contributed by atoms with Crippen LogP contribution in [-0.4, -0.2) is 65.3 Å². The molecule has 0 radical (unpaired) electrons. The SMILES string of the molecule is CCCN(Cc1c(C)nn(-c2ccccc2)c1N1CCN(C)CC1)C(=O)c1ccc(C)cc1. The number of hydrogen-bond acceptors (Lipinski definition) is 4. The summed E-state index contributed by atoms with van der Waals surface area (Å²) in [6, 6.07) is 18.2. The van der Waals surface area contributed by atoms with Crippen molar-refractivity contribution in [2.24, 2.45) is 0 Å². The van der Waals surface area contributed by atoms with Crippen molar-refractivity contribution in [3.05, 3.63) is 77.0 Å². The number of piperazine rings is 1. The Morgan fingerprint density at radius 1 is 0.970 bits per heavy atom. The predicted molar refractivity (Wildman–Crippen MR) is 134 cm³/mol. The molecule has 0 N–H and O–H groups in total. The molecule has 174 valence electrons. The van der Waals surface area contributed by atoms with Gasteiger partial charge in [0.1, 0.15) is 5.82 Å². The number of aryl methyl sites for hydroxylation is 2. The Morgan fingerprint density at radius 3 is 2.27 bits per heavy atom. The normalized spacial score (nSPS) is 14.5. The van der Waals surface area contributed by atoms with Crippen molar-refractivity contribution in [1.82, 2.24) is 19.6 Å². The topological polar surface area (TPSA) is 44.6 Å². The lowest BCUT2D eigenvalue weighted by molar-refractivity contribution is 0.0743. The molecule has 1 saturated heterocycles. The van der Waals surface area contributed by atoms with Crippen molar-refractivity contribution < 1.29 is 4.79 Å². The predicted octanol–water partition coefficient (Wildman–Crippen LogP) is 4.29. The fourth-order valence-corrected chi connectivity index (χ4v) is 4.42. The molecule has 0 aliphatic carbocycles. The van der Waals surface area contributed by atoms with E-state index in [-0.39, 0.29) is 5.91 Å². The van der Waals surface area contributed by atoms with Gasteiger partial charge < -0.3 is 14.7 Å². The highest BCUT2D eigenvalue weighted by molar-refractivity contribution is 5.94. The van der Waals surface area contributed by atoms with Crippen molar-refractivity contribution in [1.29, 1.82) is 0 Å². The molecular weight excluding hydrogens is 410 g/mol. The molecular formula is C27H35N5O. The van der Waals surface area contributed by atoms with Crippen LogP contribution in [0, 0.1) is 13.8 Å². The Kier molecular flexibility index (Phi) is 7.14. The maximum absolute atomic E-state index is 13.4. The van der Waals surface area contributed by atoms with Gasteiger partial charge in [0.05, 0.1) is 17.9 Å². The molecule has 6 nitrogen and oxygen atoms in total. The van der Waals surface area contributed by atoms with E-state index in [9.17, 15) is 4.79 Å². The fraction of sp³-hybridized carbons (Fsp3) is 0.407. The monoisotopic (exact) mass is 445 g/mol. The number of likely N-dealkylation sites (N-methyl/N-ethyl adjacent to an activating group) is 1. The first-order valence-corrected chi connectivity index (χ1v) is 11.9. The number of nitrogens with zero attached hydrogens (tertiary/aromatic N) is 5. The molecule has 3 aromatic rings. The third kappa shape index (κ3) is 5.11. The minimum Gasteiger partial charge on any atom is -0.354 e. The molecule has 2 aromatic carbocycles. The van der Waals surface area contributed by atoms with E-state index in [0.29, 0.717) is 13.1 Å². The first-order valence-electron chi connectivity index (χ1n) is 11.9. The van der Waals surface area contributed by atoms with Gasteiger partial charge in [-0.25, -0.2) is 4.68 Å². The lowest BCUT2D eigenvalue weighted by atomic mass is 10.1. The van der Waals surface area contributed by atoms with Crippen LogP contribution in [0.2, 0.25) is 0 Å².